The number of hydrogen-bond acceptors (Lipinski definition) is 14. The molecular weight excluding hydrogens is 1100 g/mol. The molecule has 6 fully saturated rings. The Hall–Kier alpha value is -5.52. The molecule has 2 unspecified atom stereocenters. The highest BCUT2D eigenvalue weighted by molar-refractivity contribution is 7.10. The van der Waals surface area contributed by atoms with Crippen LogP contribution in [0.2, 0.25) is 0 Å². The lowest BCUT2D eigenvalue weighted by Gasteiger charge is -2.36. The van der Waals surface area contributed by atoms with Gasteiger partial charge in [0.15, 0.2) is 0 Å². The molecule has 5 saturated heterocycles. The molecule has 11 rings (SSSR count). The standard InChI is InChI=1S/C62H84F3N11O7S/c1-37(2)54(72-23-18-61(33-72)19-24-73(34-61)58(80)50-30-74(50)31-52(77)70(6)7)56(78)68-47-27-51-67-48(32-84-51)40-13-16-49-43(25-40)45(28-60(4,5)36-83-59(81)46-12-10-21-76(69-46)57(47)79)55(75(49)35-62(63,64)65)44-26-41(29-66-53(44)38(3)82-8)39-11-9-20-71(22-17-39)42-14-15-42/h13,16,25-26,29,32,37-39,42,46-47,50,54,69H,9-12,14-15,17-24,27-28,30-31,33-36H2,1-8H3,(H,68,78)/t38-,39?,46-,47-,50+,54-,61-,74?/m0/s1. The number of nitrogens with one attached hydrogen (secondary N) is 2. The van der Waals surface area contributed by atoms with Gasteiger partial charge in [-0.1, -0.05) is 33.8 Å². The van der Waals surface area contributed by atoms with E-state index in [0.29, 0.717) is 101 Å². The first-order valence-corrected chi connectivity index (χ1v) is 31.3. The summed E-state index contributed by atoms with van der Waals surface area (Å²) >= 11 is 1.34. The van der Waals surface area contributed by atoms with Crippen molar-refractivity contribution in [2.45, 2.75) is 160 Å². The zero-order valence-corrected chi connectivity index (χ0v) is 50.9. The van der Waals surface area contributed by atoms with Gasteiger partial charge < -0.3 is 34.1 Å². The molecule has 1 aromatic carbocycles. The van der Waals surface area contributed by atoms with Gasteiger partial charge in [-0.3, -0.25) is 43.8 Å². The number of hydrogen-bond donors (Lipinski definition) is 2. The van der Waals surface area contributed by atoms with Crippen molar-refractivity contribution >= 4 is 51.8 Å². The number of cyclic esters (lactones) is 1. The van der Waals surface area contributed by atoms with E-state index >= 15 is 13.2 Å². The van der Waals surface area contributed by atoms with Crippen LogP contribution in [0.3, 0.4) is 0 Å². The molecule has 9 heterocycles. The predicted octanol–water partition coefficient (Wildman–Crippen LogP) is 7.20. The number of ether oxygens (including phenoxy) is 2. The third kappa shape index (κ3) is 12.9. The number of carbonyl (C=O) groups is 5. The van der Waals surface area contributed by atoms with Gasteiger partial charge in [0.1, 0.15) is 24.7 Å². The summed E-state index contributed by atoms with van der Waals surface area (Å²) in [5, 5.41) is 7.65. The van der Waals surface area contributed by atoms with Gasteiger partial charge in [0, 0.05) is 111 Å². The molecule has 7 aliphatic rings. The van der Waals surface area contributed by atoms with E-state index in [1.54, 1.807) is 33.3 Å². The average Bonchev–Trinajstić information content (AvgIpc) is 1.83. The van der Waals surface area contributed by atoms with Crippen molar-refractivity contribution in [2.75, 3.05) is 86.7 Å². The van der Waals surface area contributed by atoms with Gasteiger partial charge in [0.2, 0.25) is 17.7 Å². The van der Waals surface area contributed by atoms with Crippen molar-refractivity contribution in [1.29, 1.82) is 0 Å². The third-order valence-electron chi connectivity index (χ3n) is 18.9. The summed E-state index contributed by atoms with van der Waals surface area (Å²) < 4.78 is 59.2. The Kier molecular flexibility index (Phi) is 17.2. The smallest absolute Gasteiger partial charge is 0.406 e. The van der Waals surface area contributed by atoms with Crippen LogP contribution in [0.15, 0.2) is 35.8 Å². The SMILES string of the molecule is CO[C@@H](C)c1ncc(C2CCCN(C3CC3)CC2)cc1-c1c2c3cc(ccc3n1CC(F)(F)F)-c1csc(n1)C[C@H](NC(=O)[C@H](C(C)C)N1CC[C@]3(CCN(C(=O)[C@H]4CN4CC(=O)N(C)C)C3)C1)C(=O)N1CCC[C@H](N1)C(=O)OCC(C)(C)C2. The van der Waals surface area contributed by atoms with E-state index < -0.39 is 54.2 Å². The molecule has 6 aliphatic heterocycles. The molecule has 4 amide bonds. The number of likely N-dealkylation sites (N-methyl/N-ethyl adjacent to an activating group) is 1. The maximum Gasteiger partial charge on any atom is 0.406 e. The zero-order valence-electron chi connectivity index (χ0n) is 50.1. The van der Waals surface area contributed by atoms with Crippen molar-refractivity contribution in [2.24, 2.45) is 16.7 Å². The fourth-order valence-electron chi connectivity index (χ4n) is 14.0. The molecule has 1 aliphatic carbocycles. The minimum absolute atomic E-state index is 0.0316. The molecule has 1 saturated carbocycles. The Morgan fingerprint density at radius 1 is 0.976 bits per heavy atom. The van der Waals surface area contributed by atoms with E-state index in [0.717, 1.165) is 50.8 Å². The number of pyridine rings is 1. The number of methoxy groups -OCH3 is 1. The number of thiazole rings is 1. The van der Waals surface area contributed by atoms with Gasteiger partial charge in [-0.15, -0.1) is 11.3 Å². The molecule has 2 N–H and O–H groups in total. The summed E-state index contributed by atoms with van der Waals surface area (Å²) in [6.45, 7) is 13.9. The van der Waals surface area contributed by atoms with E-state index in [1.165, 1.54) is 38.7 Å². The fourth-order valence-corrected chi connectivity index (χ4v) is 14.9. The Morgan fingerprint density at radius 2 is 1.75 bits per heavy atom. The number of benzene rings is 1. The molecule has 84 heavy (non-hydrogen) atoms. The second-order valence-electron chi connectivity index (χ2n) is 26.5. The predicted molar refractivity (Wildman–Crippen MR) is 313 cm³/mol. The summed E-state index contributed by atoms with van der Waals surface area (Å²) in [7, 11) is 4.99. The molecule has 18 nitrogen and oxygen atoms in total. The number of fused-ring (bicyclic) bond motifs is 6. The van der Waals surface area contributed by atoms with Gasteiger partial charge >= 0.3 is 12.1 Å². The molecular formula is C62H84F3N11O7S. The first kappa shape index (κ1) is 60.2. The van der Waals surface area contributed by atoms with E-state index in [2.05, 4.69) is 26.6 Å². The van der Waals surface area contributed by atoms with Crippen molar-refractivity contribution in [3.8, 4) is 22.5 Å². The van der Waals surface area contributed by atoms with Crippen LogP contribution in [0, 0.1) is 16.7 Å². The molecule has 8 atom stereocenters. The average molecular weight is 1180 g/mol. The van der Waals surface area contributed by atoms with Gasteiger partial charge in [-0.05, 0) is 132 Å². The summed E-state index contributed by atoms with van der Waals surface area (Å²) in [6, 6.07) is 5.28. The lowest BCUT2D eigenvalue weighted by Crippen LogP contribution is -2.62. The highest BCUT2D eigenvalue weighted by atomic mass is 32.1. The summed E-state index contributed by atoms with van der Waals surface area (Å²) in [5.74, 6) is -1.27. The Bertz CT molecular complexity index is 3140. The molecule has 3 aromatic heterocycles. The molecule has 6 bridgehead atoms. The largest absolute Gasteiger partial charge is 0.464 e. The Labute approximate surface area is 495 Å². The molecule has 22 heteroatoms. The van der Waals surface area contributed by atoms with Crippen LogP contribution in [-0.4, -0.2) is 197 Å². The van der Waals surface area contributed by atoms with E-state index in [4.69, 9.17) is 19.4 Å². The highest BCUT2D eigenvalue weighted by Gasteiger charge is 2.52. The van der Waals surface area contributed by atoms with E-state index in [9.17, 15) is 24.0 Å². The quantitative estimate of drug-likeness (QED) is 0.102. The number of hydrazine groups is 1. The topological polar surface area (TPSA) is 178 Å². The number of aromatic nitrogens is 3. The summed E-state index contributed by atoms with van der Waals surface area (Å²) in [4.78, 5) is 90.4. The van der Waals surface area contributed by atoms with Crippen LogP contribution in [0.1, 0.15) is 126 Å². The third-order valence-corrected chi connectivity index (χ3v) is 19.8. The first-order valence-electron chi connectivity index (χ1n) is 30.4. The number of carbonyl (C=O) groups excluding carboxylic acids is 5. The van der Waals surface area contributed by atoms with Crippen LogP contribution < -0.4 is 10.7 Å². The van der Waals surface area contributed by atoms with E-state index in [-0.39, 0.29) is 73.6 Å². The van der Waals surface area contributed by atoms with Gasteiger partial charge in [0.05, 0.1) is 47.4 Å². The van der Waals surface area contributed by atoms with Crippen LogP contribution in [0.5, 0.6) is 0 Å². The van der Waals surface area contributed by atoms with Crippen LogP contribution in [0.25, 0.3) is 33.4 Å². The lowest BCUT2D eigenvalue weighted by molar-refractivity contribution is -0.155. The Morgan fingerprint density at radius 3 is 2.49 bits per heavy atom. The van der Waals surface area contributed by atoms with Gasteiger partial charge in [-0.25, -0.2) is 10.4 Å². The first-order chi connectivity index (χ1) is 40.0. The lowest BCUT2D eigenvalue weighted by atomic mass is 9.83. The number of nitrogens with zero attached hydrogens (tertiary/aromatic N) is 9. The number of rotatable bonds is 13. The number of alkyl halides is 3. The Balaban J connectivity index is 0.917. The van der Waals surface area contributed by atoms with Crippen molar-refractivity contribution in [3.05, 3.63) is 57.7 Å². The van der Waals surface area contributed by atoms with Crippen LogP contribution in [-0.2, 0) is 52.8 Å². The second kappa shape index (κ2) is 24.0. The highest BCUT2D eigenvalue weighted by Crippen LogP contribution is 2.46. The van der Waals surface area contributed by atoms with E-state index in [1.807, 2.05) is 62.1 Å². The maximum absolute atomic E-state index is 15.2. The normalized spacial score (nSPS) is 27.0. The van der Waals surface area contributed by atoms with Gasteiger partial charge in [-0.2, -0.15) is 13.2 Å². The monoisotopic (exact) mass is 1180 g/mol. The summed E-state index contributed by atoms with van der Waals surface area (Å²) in [6.07, 6.45) is 4.81. The van der Waals surface area contributed by atoms with Crippen LogP contribution in [0.4, 0.5) is 13.2 Å². The molecule has 0 radical (unpaired) electrons. The fraction of sp³-hybridized carbons (Fsp3) is 0.661. The van der Waals surface area contributed by atoms with Crippen LogP contribution >= 0.6 is 11.3 Å². The number of esters is 1. The molecule has 4 aromatic rings. The number of halogens is 3. The van der Waals surface area contributed by atoms with Crippen molar-refractivity contribution < 1.29 is 46.6 Å². The minimum Gasteiger partial charge on any atom is -0.464 e. The summed E-state index contributed by atoms with van der Waals surface area (Å²) in [5.41, 5.74) is 6.94. The number of amides is 4. The molecule has 1 spiro atoms. The second-order valence-corrected chi connectivity index (χ2v) is 27.5. The molecule has 456 valence electrons. The van der Waals surface area contributed by atoms with Crippen molar-refractivity contribution in [1.82, 2.24) is 54.8 Å². The van der Waals surface area contributed by atoms with Gasteiger partial charge in [0.25, 0.3) is 5.91 Å². The zero-order chi connectivity index (χ0) is 59.6. The van der Waals surface area contributed by atoms with Crippen molar-refractivity contribution in [3.63, 3.8) is 0 Å². The minimum atomic E-state index is -4.60. The number of likely N-dealkylation sites (tertiary alicyclic amines) is 3. The maximum atomic E-state index is 15.2.